The highest BCUT2D eigenvalue weighted by Crippen LogP contribution is 2.40. The second-order valence-corrected chi connectivity index (χ2v) is 4.65. The van der Waals surface area contributed by atoms with Crippen molar-refractivity contribution < 1.29 is 4.92 Å². The molecule has 1 heterocycles. The Labute approximate surface area is 94.0 Å². The van der Waals surface area contributed by atoms with Crippen molar-refractivity contribution in [3.63, 3.8) is 0 Å². The number of rotatable bonds is 4. The normalized spacial score (nSPS) is 17.6. The number of hydrogen-bond donors (Lipinski definition) is 1. The molecule has 5 heteroatoms. The van der Waals surface area contributed by atoms with E-state index in [2.05, 4.69) is 17.2 Å². The second-order valence-electron chi connectivity index (χ2n) is 4.65. The van der Waals surface area contributed by atoms with Crippen LogP contribution in [-0.2, 0) is 0 Å². The molecule has 0 amide bonds. The topological polar surface area (TPSA) is 68.1 Å². The van der Waals surface area contributed by atoms with E-state index in [1.807, 2.05) is 0 Å². The highest BCUT2D eigenvalue weighted by atomic mass is 16.6. The van der Waals surface area contributed by atoms with Gasteiger partial charge in [0.1, 0.15) is 11.9 Å². The van der Waals surface area contributed by atoms with Gasteiger partial charge in [0.25, 0.3) is 0 Å². The summed E-state index contributed by atoms with van der Waals surface area (Å²) in [6.07, 6.45) is 5.07. The van der Waals surface area contributed by atoms with Gasteiger partial charge in [-0.2, -0.15) is 0 Å². The Morgan fingerprint density at radius 2 is 2.38 bits per heavy atom. The van der Waals surface area contributed by atoms with Crippen LogP contribution in [0.2, 0.25) is 0 Å². The van der Waals surface area contributed by atoms with E-state index >= 15 is 0 Å². The Hall–Kier alpha value is -1.65. The van der Waals surface area contributed by atoms with Crippen LogP contribution in [0.25, 0.3) is 0 Å². The van der Waals surface area contributed by atoms with Crippen molar-refractivity contribution in [3.05, 3.63) is 28.4 Å². The van der Waals surface area contributed by atoms with Crippen LogP contribution in [0.15, 0.2) is 18.3 Å². The molecule has 16 heavy (non-hydrogen) atoms. The molecule has 0 radical (unpaired) electrons. The van der Waals surface area contributed by atoms with Crippen LogP contribution >= 0.6 is 0 Å². The van der Waals surface area contributed by atoms with E-state index in [1.54, 1.807) is 12.1 Å². The number of nitrogens with zero attached hydrogens (tertiary/aromatic N) is 2. The predicted molar refractivity (Wildman–Crippen MR) is 61.3 cm³/mol. The Morgan fingerprint density at radius 1 is 1.62 bits per heavy atom. The van der Waals surface area contributed by atoms with Gasteiger partial charge >= 0.3 is 5.82 Å². The lowest BCUT2D eigenvalue weighted by molar-refractivity contribution is -0.388. The molecule has 0 unspecified atom stereocenters. The van der Waals surface area contributed by atoms with Gasteiger partial charge in [0.15, 0.2) is 0 Å². The summed E-state index contributed by atoms with van der Waals surface area (Å²) in [5.41, 5.74) is 0.810. The van der Waals surface area contributed by atoms with E-state index in [0.717, 1.165) is 6.54 Å². The van der Waals surface area contributed by atoms with E-state index in [-0.39, 0.29) is 5.82 Å². The fraction of sp³-hybridized carbons (Fsp3) is 0.545. The van der Waals surface area contributed by atoms with Gasteiger partial charge in [-0.1, -0.05) is 13.3 Å². The van der Waals surface area contributed by atoms with Gasteiger partial charge < -0.3 is 15.4 Å². The average molecular weight is 221 g/mol. The SMILES string of the molecule is CC1(CNc2cccnc2[N+](=O)[O-])CCC1. The van der Waals surface area contributed by atoms with Gasteiger partial charge in [0.2, 0.25) is 0 Å². The molecule has 2 rings (SSSR count). The Bertz CT molecular complexity index is 402. The predicted octanol–water partition coefficient (Wildman–Crippen LogP) is 2.59. The first-order valence-electron chi connectivity index (χ1n) is 5.44. The van der Waals surface area contributed by atoms with Crippen molar-refractivity contribution >= 4 is 11.5 Å². The maximum Gasteiger partial charge on any atom is 0.386 e. The number of hydrogen-bond acceptors (Lipinski definition) is 4. The molecule has 5 nitrogen and oxygen atoms in total. The van der Waals surface area contributed by atoms with Crippen LogP contribution in [0, 0.1) is 15.5 Å². The first-order valence-corrected chi connectivity index (χ1v) is 5.44. The zero-order valence-corrected chi connectivity index (χ0v) is 9.27. The van der Waals surface area contributed by atoms with E-state index in [4.69, 9.17) is 0 Å². The van der Waals surface area contributed by atoms with Gasteiger partial charge in [-0.15, -0.1) is 0 Å². The summed E-state index contributed by atoms with van der Waals surface area (Å²) in [5.74, 6) is -0.0922. The fourth-order valence-corrected chi connectivity index (χ4v) is 1.95. The van der Waals surface area contributed by atoms with Gasteiger partial charge in [-0.05, 0) is 40.3 Å². The highest BCUT2D eigenvalue weighted by molar-refractivity contribution is 5.56. The van der Waals surface area contributed by atoms with Crippen LogP contribution in [0.4, 0.5) is 11.5 Å². The fourth-order valence-electron chi connectivity index (χ4n) is 1.95. The largest absolute Gasteiger partial charge is 0.386 e. The Balaban J connectivity index is 2.06. The van der Waals surface area contributed by atoms with E-state index in [9.17, 15) is 10.1 Å². The zero-order valence-electron chi connectivity index (χ0n) is 9.27. The van der Waals surface area contributed by atoms with E-state index < -0.39 is 4.92 Å². The number of nitrogens with one attached hydrogen (secondary N) is 1. The number of anilines is 1. The minimum atomic E-state index is -0.453. The number of pyridine rings is 1. The molecule has 1 fully saturated rings. The molecule has 1 aliphatic rings. The summed E-state index contributed by atoms with van der Waals surface area (Å²) in [6, 6.07) is 3.41. The second kappa shape index (κ2) is 4.08. The van der Waals surface area contributed by atoms with Crippen LogP contribution < -0.4 is 5.32 Å². The molecular weight excluding hydrogens is 206 g/mol. The molecule has 1 aromatic heterocycles. The van der Waals surface area contributed by atoms with Crippen LogP contribution in [0.3, 0.4) is 0 Å². The van der Waals surface area contributed by atoms with E-state index in [1.165, 1.54) is 25.5 Å². The molecule has 0 bridgehead atoms. The minimum Gasteiger partial charge on any atom is -0.378 e. The Kier molecular flexibility index (Phi) is 2.77. The van der Waals surface area contributed by atoms with E-state index in [0.29, 0.717) is 11.1 Å². The molecule has 1 aromatic rings. The summed E-state index contributed by atoms with van der Waals surface area (Å²) in [5, 5.41) is 13.9. The molecule has 0 aliphatic heterocycles. The van der Waals surface area contributed by atoms with Gasteiger partial charge in [-0.3, -0.25) is 0 Å². The number of aromatic nitrogens is 1. The highest BCUT2D eigenvalue weighted by Gasteiger charge is 2.31. The Morgan fingerprint density at radius 3 is 2.94 bits per heavy atom. The van der Waals surface area contributed by atoms with Crippen LogP contribution in [-0.4, -0.2) is 16.5 Å². The van der Waals surface area contributed by atoms with Crippen molar-refractivity contribution in [1.82, 2.24) is 4.98 Å². The lowest BCUT2D eigenvalue weighted by Gasteiger charge is -2.38. The average Bonchev–Trinajstić information content (AvgIpc) is 2.24. The van der Waals surface area contributed by atoms with Crippen molar-refractivity contribution in [3.8, 4) is 0 Å². The summed E-state index contributed by atoms with van der Waals surface area (Å²) in [7, 11) is 0. The summed E-state index contributed by atoms with van der Waals surface area (Å²) in [6.45, 7) is 2.98. The lowest BCUT2D eigenvalue weighted by atomic mass is 9.70. The molecule has 0 atom stereocenters. The van der Waals surface area contributed by atoms with Gasteiger partial charge in [0, 0.05) is 6.54 Å². The molecule has 0 spiro atoms. The maximum absolute atomic E-state index is 10.7. The molecule has 86 valence electrons. The van der Waals surface area contributed by atoms with Crippen molar-refractivity contribution in [2.75, 3.05) is 11.9 Å². The third-order valence-electron chi connectivity index (χ3n) is 3.23. The van der Waals surface area contributed by atoms with Crippen molar-refractivity contribution in [1.29, 1.82) is 0 Å². The van der Waals surface area contributed by atoms with Crippen LogP contribution in [0.5, 0.6) is 0 Å². The summed E-state index contributed by atoms with van der Waals surface area (Å²) < 4.78 is 0. The van der Waals surface area contributed by atoms with Crippen molar-refractivity contribution in [2.24, 2.45) is 5.41 Å². The van der Waals surface area contributed by atoms with Gasteiger partial charge in [-0.25, -0.2) is 0 Å². The maximum atomic E-state index is 10.7. The summed E-state index contributed by atoms with van der Waals surface area (Å²) >= 11 is 0. The van der Waals surface area contributed by atoms with Crippen molar-refractivity contribution in [2.45, 2.75) is 26.2 Å². The quantitative estimate of drug-likeness (QED) is 0.626. The lowest BCUT2D eigenvalue weighted by Crippen LogP contribution is -2.33. The first kappa shape index (κ1) is 10.9. The molecule has 1 saturated carbocycles. The molecule has 0 saturated heterocycles. The smallest absolute Gasteiger partial charge is 0.378 e. The van der Waals surface area contributed by atoms with Crippen LogP contribution in [0.1, 0.15) is 26.2 Å². The van der Waals surface area contributed by atoms with Gasteiger partial charge in [0.05, 0.1) is 0 Å². The molecule has 0 aromatic carbocycles. The first-order chi connectivity index (χ1) is 7.61. The third kappa shape index (κ3) is 2.13. The molecule has 1 aliphatic carbocycles. The number of nitro groups is 1. The third-order valence-corrected chi connectivity index (χ3v) is 3.23. The standard InChI is InChI=1S/C11H15N3O2/c1-11(5-3-6-11)8-13-9-4-2-7-12-10(9)14(15)16/h2,4,7,13H,3,5-6,8H2,1H3. The zero-order chi connectivity index (χ0) is 11.6. The molecule has 1 N–H and O–H groups in total. The monoisotopic (exact) mass is 221 g/mol. The summed E-state index contributed by atoms with van der Waals surface area (Å²) in [4.78, 5) is 14.0. The minimum absolute atomic E-state index is 0.0922. The molecular formula is C11H15N3O2.